The van der Waals surface area contributed by atoms with Crippen molar-refractivity contribution in [1.29, 1.82) is 0 Å². The normalized spacial score (nSPS) is 10.2. The maximum absolute atomic E-state index is 12.2. The predicted molar refractivity (Wildman–Crippen MR) is 94.8 cm³/mol. The molecule has 3 aromatic carbocycles. The highest BCUT2D eigenvalue weighted by Crippen LogP contribution is 2.15. The summed E-state index contributed by atoms with van der Waals surface area (Å²) in [6.45, 7) is 0.948. The maximum atomic E-state index is 12.2. The molecule has 0 atom stereocenters. The number of hydrogen-bond donors (Lipinski definition) is 1. The van der Waals surface area contributed by atoms with Crippen molar-refractivity contribution in [3.05, 3.63) is 102 Å². The Bertz CT molecular complexity index is 785. The quantitative estimate of drug-likeness (QED) is 0.740. The largest absolute Gasteiger partial charge is 0.489 e. The SMILES string of the molecule is O=C(NCc1ccccc1COc1ccccc1)c1ccccc1. The predicted octanol–water partition coefficient (Wildman–Crippen LogP) is 4.20. The fourth-order valence-electron chi connectivity index (χ4n) is 2.42. The first kappa shape index (κ1) is 15.8. The number of nitrogens with one attached hydrogen (secondary N) is 1. The van der Waals surface area contributed by atoms with Gasteiger partial charge in [0.05, 0.1) is 0 Å². The van der Waals surface area contributed by atoms with E-state index in [9.17, 15) is 4.79 Å². The van der Waals surface area contributed by atoms with Gasteiger partial charge in [-0.3, -0.25) is 4.79 Å². The molecule has 1 N–H and O–H groups in total. The lowest BCUT2D eigenvalue weighted by Gasteiger charge is -2.12. The van der Waals surface area contributed by atoms with Crippen LogP contribution in [0.15, 0.2) is 84.9 Å². The molecule has 3 heteroatoms. The van der Waals surface area contributed by atoms with E-state index in [2.05, 4.69) is 5.32 Å². The minimum absolute atomic E-state index is 0.0746. The molecule has 0 aromatic heterocycles. The lowest BCUT2D eigenvalue weighted by molar-refractivity contribution is 0.0950. The summed E-state index contributed by atoms with van der Waals surface area (Å²) in [5.41, 5.74) is 2.78. The number of amides is 1. The van der Waals surface area contributed by atoms with Crippen molar-refractivity contribution >= 4 is 5.91 Å². The number of carbonyl (C=O) groups is 1. The fourth-order valence-corrected chi connectivity index (χ4v) is 2.42. The molecule has 0 spiro atoms. The molecule has 24 heavy (non-hydrogen) atoms. The van der Waals surface area contributed by atoms with Gasteiger partial charge in [0.2, 0.25) is 0 Å². The van der Waals surface area contributed by atoms with Crippen LogP contribution in [0.2, 0.25) is 0 Å². The van der Waals surface area contributed by atoms with Gasteiger partial charge in [0.15, 0.2) is 0 Å². The van der Waals surface area contributed by atoms with E-state index < -0.39 is 0 Å². The summed E-state index contributed by atoms with van der Waals surface area (Å²) in [6.07, 6.45) is 0. The van der Waals surface area contributed by atoms with Gasteiger partial charge in [-0.1, -0.05) is 60.7 Å². The van der Waals surface area contributed by atoms with Crippen molar-refractivity contribution in [2.24, 2.45) is 0 Å². The van der Waals surface area contributed by atoms with Crippen LogP contribution in [-0.4, -0.2) is 5.91 Å². The molecule has 0 aliphatic carbocycles. The summed E-state index contributed by atoms with van der Waals surface area (Å²) in [5.74, 6) is 0.759. The van der Waals surface area contributed by atoms with E-state index in [4.69, 9.17) is 4.74 Å². The van der Waals surface area contributed by atoms with Crippen LogP contribution in [0.5, 0.6) is 5.75 Å². The molecule has 3 aromatic rings. The van der Waals surface area contributed by atoms with Gasteiger partial charge in [-0.15, -0.1) is 0 Å². The van der Waals surface area contributed by atoms with Crippen LogP contribution in [0.4, 0.5) is 0 Å². The Morgan fingerprint density at radius 2 is 1.33 bits per heavy atom. The van der Waals surface area contributed by atoms with E-state index in [0.29, 0.717) is 18.7 Å². The van der Waals surface area contributed by atoms with Crippen LogP contribution < -0.4 is 10.1 Å². The Morgan fingerprint density at radius 1 is 0.750 bits per heavy atom. The first-order valence-corrected chi connectivity index (χ1v) is 7.91. The van der Waals surface area contributed by atoms with Crippen LogP contribution in [-0.2, 0) is 13.2 Å². The van der Waals surface area contributed by atoms with Gasteiger partial charge >= 0.3 is 0 Å². The molecule has 0 saturated heterocycles. The molecule has 0 fully saturated rings. The Labute approximate surface area is 141 Å². The van der Waals surface area contributed by atoms with Gasteiger partial charge in [-0.05, 0) is 35.4 Å². The van der Waals surface area contributed by atoms with Crippen molar-refractivity contribution in [2.75, 3.05) is 0 Å². The van der Waals surface area contributed by atoms with E-state index in [1.165, 1.54) is 0 Å². The van der Waals surface area contributed by atoms with E-state index in [0.717, 1.165) is 16.9 Å². The minimum atomic E-state index is -0.0746. The molecular weight excluding hydrogens is 298 g/mol. The molecule has 0 aliphatic rings. The summed E-state index contributed by atoms with van der Waals surface area (Å²) in [4.78, 5) is 12.2. The molecule has 0 saturated carbocycles. The number of hydrogen-bond acceptors (Lipinski definition) is 2. The van der Waals surface area contributed by atoms with E-state index in [1.54, 1.807) is 12.1 Å². The lowest BCUT2D eigenvalue weighted by atomic mass is 10.1. The monoisotopic (exact) mass is 317 g/mol. The Kier molecular flexibility index (Phi) is 5.25. The zero-order chi connectivity index (χ0) is 16.6. The molecule has 0 radical (unpaired) electrons. The van der Waals surface area contributed by atoms with Gasteiger partial charge in [0, 0.05) is 12.1 Å². The third-order valence-corrected chi connectivity index (χ3v) is 3.73. The highest BCUT2D eigenvalue weighted by atomic mass is 16.5. The van der Waals surface area contributed by atoms with Gasteiger partial charge < -0.3 is 10.1 Å². The summed E-state index contributed by atoms with van der Waals surface area (Å²) in [5, 5.41) is 2.96. The molecule has 3 rings (SSSR count). The second-order valence-electron chi connectivity index (χ2n) is 5.42. The maximum Gasteiger partial charge on any atom is 0.251 e. The first-order chi connectivity index (χ1) is 11.8. The molecule has 120 valence electrons. The molecule has 0 aliphatic heterocycles. The van der Waals surface area contributed by atoms with Crippen molar-refractivity contribution in [3.63, 3.8) is 0 Å². The summed E-state index contributed by atoms with van der Waals surface area (Å²) < 4.78 is 5.81. The average Bonchev–Trinajstić information content (AvgIpc) is 2.66. The second kappa shape index (κ2) is 7.97. The van der Waals surface area contributed by atoms with Crippen LogP contribution in [0.25, 0.3) is 0 Å². The van der Waals surface area contributed by atoms with Gasteiger partial charge in [-0.25, -0.2) is 0 Å². The topological polar surface area (TPSA) is 38.3 Å². The standard InChI is InChI=1S/C21H19NO2/c23-21(17-9-3-1-4-10-17)22-15-18-11-7-8-12-19(18)16-24-20-13-5-2-6-14-20/h1-14H,15-16H2,(H,22,23). The van der Waals surface area contributed by atoms with Crippen LogP contribution in [0.1, 0.15) is 21.5 Å². The van der Waals surface area contributed by atoms with Gasteiger partial charge in [-0.2, -0.15) is 0 Å². The molecule has 0 bridgehead atoms. The molecule has 1 amide bonds. The average molecular weight is 317 g/mol. The number of rotatable bonds is 6. The van der Waals surface area contributed by atoms with E-state index in [-0.39, 0.29) is 5.91 Å². The number of carbonyl (C=O) groups excluding carboxylic acids is 1. The summed E-state index contributed by atoms with van der Waals surface area (Å²) in [7, 11) is 0. The number of benzene rings is 3. The van der Waals surface area contributed by atoms with Crippen molar-refractivity contribution in [3.8, 4) is 5.75 Å². The number of para-hydroxylation sites is 1. The highest BCUT2D eigenvalue weighted by Gasteiger charge is 2.07. The Morgan fingerprint density at radius 3 is 2.04 bits per heavy atom. The summed E-state index contributed by atoms with van der Waals surface area (Å²) in [6, 6.07) is 26.9. The second-order valence-corrected chi connectivity index (χ2v) is 5.42. The Balaban J connectivity index is 1.63. The van der Waals surface area contributed by atoms with Crippen LogP contribution in [0, 0.1) is 0 Å². The zero-order valence-corrected chi connectivity index (χ0v) is 13.3. The number of ether oxygens (including phenoxy) is 1. The van der Waals surface area contributed by atoms with E-state index >= 15 is 0 Å². The zero-order valence-electron chi connectivity index (χ0n) is 13.3. The molecular formula is C21H19NO2. The fraction of sp³-hybridized carbons (Fsp3) is 0.0952. The highest BCUT2D eigenvalue weighted by molar-refractivity contribution is 5.94. The van der Waals surface area contributed by atoms with Crippen molar-refractivity contribution in [1.82, 2.24) is 5.32 Å². The van der Waals surface area contributed by atoms with Gasteiger partial charge in [0.1, 0.15) is 12.4 Å². The molecule has 0 heterocycles. The third kappa shape index (κ3) is 4.23. The smallest absolute Gasteiger partial charge is 0.251 e. The molecule has 0 unspecified atom stereocenters. The first-order valence-electron chi connectivity index (χ1n) is 7.91. The van der Waals surface area contributed by atoms with Crippen molar-refractivity contribution in [2.45, 2.75) is 13.2 Å². The minimum Gasteiger partial charge on any atom is -0.489 e. The van der Waals surface area contributed by atoms with Crippen LogP contribution in [0.3, 0.4) is 0 Å². The third-order valence-electron chi connectivity index (χ3n) is 3.73. The van der Waals surface area contributed by atoms with Crippen LogP contribution >= 0.6 is 0 Å². The lowest BCUT2D eigenvalue weighted by Crippen LogP contribution is -2.23. The van der Waals surface area contributed by atoms with Crippen molar-refractivity contribution < 1.29 is 9.53 Å². The van der Waals surface area contributed by atoms with E-state index in [1.807, 2.05) is 72.8 Å². The van der Waals surface area contributed by atoms with Gasteiger partial charge in [0.25, 0.3) is 5.91 Å². The Hall–Kier alpha value is -3.07. The summed E-state index contributed by atoms with van der Waals surface area (Å²) >= 11 is 0. The molecule has 3 nitrogen and oxygen atoms in total.